The Labute approximate surface area is 56.9 Å². The zero-order valence-corrected chi connectivity index (χ0v) is 5.57. The van der Waals surface area contributed by atoms with Crippen LogP contribution in [-0.2, 0) is 0 Å². The van der Waals surface area contributed by atoms with E-state index >= 15 is 0 Å². The van der Waals surface area contributed by atoms with Gasteiger partial charge in [0.1, 0.15) is 5.82 Å². The van der Waals surface area contributed by atoms with Crippen LogP contribution in [0.5, 0.6) is 0 Å². The summed E-state index contributed by atoms with van der Waals surface area (Å²) in [5, 5.41) is 0. The van der Waals surface area contributed by atoms with Gasteiger partial charge in [-0.15, -0.1) is 0 Å². The molecule has 0 aliphatic carbocycles. The van der Waals surface area contributed by atoms with E-state index in [9.17, 15) is 4.39 Å². The summed E-state index contributed by atoms with van der Waals surface area (Å²) >= 11 is 3.08. The average molecular weight is 176 g/mol. The first kappa shape index (κ1) is 4.50. The summed E-state index contributed by atoms with van der Waals surface area (Å²) in [6.07, 6.45) is 0. The first-order chi connectivity index (χ1) is 4.20. The number of rotatable bonds is 0. The summed E-state index contributed by atoms with van der Waals surface area (Å²) in [6, 6.07) is 4.15. The fourth-order valence-corrected chi connectivity index (χ4v) is 0.634. The van der Waals surface area contributed by atoms with Crippen LogP contribution in [0.25, 0.3) is 0 Å². The SMILES string of the molecule is [2H]c1cc(F)ccc1Br. The number of halogens is 2. The maximum atomic E-state index is 12.2. The third kappa shape index (κ3) is 1.30. The molecule has 0 aromatic heterocycles. The lowest BCUT2D eigenvalue weighted by atomic mass is 10.4. The summed E-state index contributed by atoms with van der Waals surface area (Å²) in [6.45, 7) is 0. The van der Waals surface area contributed by atoms with Gasteiger partial charge in [0.25, 0.3) is 0 Å². The topological polar surface area (TPSA) is 0 Å². The predicted molar refractivity (Wildman–Crippen MR) is 34.1 cm³/mol. The molecule has 0 fully saturated rings. The van der Waals surface area contributed by atoms with Gasteiger partial charge in [0.15, 0.2) is 0 Å². The van der Waals surface area contributed by atoms with E-state index in [0.29, 0.717) is 4.47 Å². The van der Waals surface area contributed by atoms with Crippen LogP contribution in [0.1, 0.15) is 1.37 Å². The van der Waals surface area contributed by atoms with Crippen molar-refractivity contribution in [1.82, 2.24) is 0 Å². The summed E-state index contributed by atoms with van der Waals surface area (Å²) in [7, 11) is 0. The highest BCUT2D eigenvalue weighted by Gasteiger charge is 1.84. The molecule has 0 radical (unpaired) electrons. The summed E-state index contributed by atoms with van der Waals surface area (Å²) in [5.41, 5.74) is 0. The van der Waals surface area contributed by atoms with Crippen molar-refractivity contribution in [2.45, 2.75) is 0 Å². The monoisotopic (exact) mass is 175 g/mol. The van der Waals surface area contributed by atoms with Crippen LogP contribution in [0, 0.1) is 5.82 Å². The third-order valence-electron chi connectivity index (χ3n) is 0.737. The van der Waals surface area contributed by atoms with E-state index in [2.05, 4.69) is 15.9 Å². The molecule has 1 rings (SSSR count). The molecule has 0 nitrogen and oxygen atoms in total. The molecule has 0 amide bonds. The molecule has 1 aromatic carbocycles. The molecule has 0 bridgehead atoms. The lowest BCUT2D eigenvalue weighted by molar-refractivity contribution is 0.627. The molecule has 1 aromatic rings. The molecule has 0 N–H and O–H groups in total. The van der Waals surface area contributed by atoms with Crippen LogP contribution in [0.15, 0.2) is 28.7 Å². The minimum Gasteiger partial charge on any atom is -0.207 e. The highest BCUT2D eigenvalue weighted by atomic mass is 79.9. The highest BCUT2D eigenvalue weighted by molar-refractivity contribution is 9.10. The number of hydrogen-bond acceptors (Lipinski definition) is 0. The average Bonchev–Trinajstić information content (AvgIpc) is 1.80. The summed E-state index contributed by atoms with van der Waals surface area (Å²) in [4.78, 5) is 0. The Morgan fingerprint density at radius 3 is 2.75 bits per heavy atom. The van der Waals surface area contributed by atoms with Crippen LogP contribution in [0.3, 0.4) is 0 Å². The molecular formula is C6H4BrF. The molecule has 0 spiro atoms. The van der Waals surface area contributed by atoms with Gasteiger partial charge in [0, 0.05) is 4.47 Å². The van der Waals surface area contributed by atoms with E-state index in [4.69, 9.17) is 1.37 Å². The van der Waals surface area contributed by atoms with Crippen LogP contribution < -0.4 is 0 Å². The van der Waals surface area contributed by atoms with Crippen molar-refractivity contribution < 1.29 is 5.76 Å². The normalized spacial score (nSPS) is 11.0. The summed E-state index contributed by atoms with van der Waals surface area (Å²) < 4.78 is 19.9. The van der Waals surface area contributed by atoms with Crippen molar-refractivity contribution in [2.24, 2.45) is 0 Å². The lowest BCUT2D eigenvalue weighted by Crippen LogP contribution is -1.67. The van der Waals surface area contributed by atoms with Gasteiger partial charge in [-0.05, 0) is 24.2 Å². The molecule has 2 heteroatoms. The molecular weight excluding hydrogens is 171 g/mol. The number of hydrogen-bond donors (Lipinski definition) is 0. The third-order valence-corrected chi connectivity index (χ3v) is 1.23. The van der Waals surface area contributed by atoms with E-state index in [0.717, 1.165) is 6.07 Å². The molecule has 0 aliphatic heterocycles. The van der Waals surface area contributed by atoms with Crippen molar-refractivity contribution in [1.29, 1.82) is 0 Å². The zero-order valence-electron chi connectivity index (χ0n) is 4.99. The van der Waals surface area contributed by atoms with E-state index < -0.39 is 0 Å². The van der Waals surface area contributed by atoms with Crippen molar-refractivity contribution in [3.63, 3.8) is 0 Å². The minimum absolute atomic E-state index is 0.176. The second-order valence-electron chi connectivity index (χ2n) is 1.35. The first-order valence-electron chi connectivity index (χ1n) is 2.62. The first-order valence-corrected chi connectivity index (χ1v) is 2.91. The van der Waals surface area contributed by atoms with Gasteiger partial charge in [-0.25, -0.2) is 4.39 Å². The van der Waals surface area contributed by atoms with E-state index in [-0.39, 0.29) is 11.9 Å². The van der Waals surface area contributed by atoms with Crippen LogP contribution >= 0.6 is 15.9 Å². The molecule has 0 saturated carbocycles. The fraction of sp³-hybridized carbons (Fsp3) is 0. The van der Waals surface area contributed by atoms with Crippen molar-refractivity contribution >= 4 is 15.9 Å². The maximum Gasteiger partial charge on any atom is 0.123 e. The standard InChI is InChI=1S/C6H4BrF/c7-5-1-3-6(8)4-2-5/h1-4H/i1D. The molecule has 0 heterocycles. The number of benzene rings is 1. The molecule has 0 aliphatic rings. The van der Waals surface area contributed by atoms with Gasteiger partial charge in [-0.2, -0.15) is 0 Å². The van der Waals surface area contributed by atoms with Crippen molar-refractivity contribution in [3.8, 4) is 0 Å². The Balaban J connectivity index is 3.17. The van der Waals surface area contributed by atoms with Crippen LogP contribution in [-0.4, -0.2) is 0 Å². The van der Waals surface area contributed by atoms with Gasteiger partial charge in [0.2, 0.25) is 0 Å². The van der Waals surface area contributed by atoms with E-state index in [1.165, 1.54) is 12.1 Å². The molecule has 42 valence electrons. The lowest BCUT2D eigenvalue weighted by Gasteiger charge is -1.85. The molecule has 8 heavy (non-hydrogen) atoms. The van der Waals surface area contributed by atoms with Gasteiger partial charge < -0.3 is 0 Å². The summed E-state index contributed by atoms with van der Waals surface area (Å²) in [5.74, 6) is -0.372. The fourth-order valence-electron chi connectivity index (χ4n) is 0.387. The second kappa shape index (κ2) is 2.27. The largest absolute Gasteiger partial charge is 0.207 e. The Morgan fingerprint density at radius 2 is 2.25 bits per heavy atom. The van der Waals surface area contributed by atoms with Gasteiger partial charge in [0.05, 0.1) is 1.37 Å². The predicted octanol–water partition coefficient (Wildman–Crippen LogP) is 2.59. The van der Waals surface area contributed by atoms with Gasteiger partial charge >= 0.3 is 0 Å². The van der Waals surface area contributed by atoms with Crippen molar-refractivity contribution in [2.75, 3.05) is 0 Å². The Hall–Kier alpha value is -0.370. The van der Waals surface area contributed by atoms with Gasteiger partial charge in [-0.1, -0.05) is 15.9 Å². The Bertz CT molecular complexity index is 224. The van der Waals surface area contributed by atoms with Crippen LogP contribution in [0.4, 0.5) is 4.39 Å². The Morgan fingerprint density at radius 1 is 1.50 bits per heavy atom. The second-order valence-corrected chi connectivity index (χ2v) is 2.21. The van der Waals surface area contributed by atoms with Crippen molar-refractivity contribution in [3.05, 3.63) is 34.5 Å². The van der Waals surface area contributed by atoms with Gasteiger partial charge in [-0.3, -0.25) is 0 Å². The van der Waals surface area contributed by atoms with E-state index in [1.54, 1.807) is 0 Å². The van der Waals surface area contributed by atoms with E-state index in [1.807, 2.05) is 0 Å². The maximum absolute atomic E-state index is 12.2. The Kier molecular flexibility index (Phi) is 1.28. The minimum atomic E-state index is -0.372. The molecule has 0 saturated heterocycles. The smallest absolute Gasteiger partial charge is 0.123 e. The highest BCUT2D eigenvalue weighted by Crippen LogP contribution is 2.08. The zero-order chi connectivity index (χ0) is 6.85. The molecule has 0 atom stereocenters. The molecule has 0 unspecified atom stereocenters. The van der Waals surface area contributed by atoms with Crippen LogP contribution in [0.2, 0.25) is 0 Å². The quantitative estimate of drug-likeness (QED) is 0.569.